The number of hydrogen-bond donors (Lipinski definition) is 2. The maximum atomic E-state index is 4.59. The van der Waals surface area contributed by atoms with Crippen molar-refractivity contribution in [2.24, 2.45) is 10.9 Å². The van der Waals surface area contributed by atoms with Gasteiger partial charge in [-0.2, -0.15) is 0 Å². The van der Waals surface area contributed by atoms with E-state index in [1.165, 1.54) is 0 Å². The smallest absolute Gasteiger partial charge is 0.191 e. The highest BCUT2D eigenvalue weighted by atomic mass is 32.1. The van der Waals surface area contributed by atoms with E-state index < -0.39 is 0 Å². The Kier molecular flexibility index (Phi) is 6.24. The van der Waals surface area contributed by atoms with Crippen LogP contribution in [0.1, 0.15) is 26.5 Å². The fraction of sp³-hybridized carbons (Fsp3) is 0.750. The van der Waals surface area contributed by atoms with Crippen LogP contribution in [0.25, 0.3) is 0 Å². The van der Waals surface area contributed by atoms with Crippen LogP contribution >= 0.6 is 11.3 Å². The summed E-state index contributed by atoms with van der Waals surface area (Å²) in [5.41, 5.74) is 1.05. The monoisotopic (exact) mass is 338 g/mol. The van der Waals surface area contributed by atoms with Gasteiger partial charge in [-0.1, -0.05) is 6.92 Å². The van der Waals surface area contributed by atoms with Crippen LogP contribution in [0.5, 0.6) is 0 Å². The SMILES string of the molecule is CN=C(NCc1csc(N(C)C)n1)NC1CN(C(C)C)CC1C. The lowest BCUT2D eigenvalue weighted by Crippen LogP contribution is -2.46. The molecule has 1 aliphatic rings. The lowest BCUT2D eigenvalue weighted by molar-refractivity contribution is 0.265. The highest BCUT2D eigenvalue weighted by Crippen LogP contribution is 2.19. The zero-order chi connectivity index (χ0) is 17.0. The summed E-state index contributed by atoms with van der Waals surface area (Å²) in [5, 5.41) is 10.1. The van der Waals surface area contributed by atoms with Gasteiger partial charge in [0.05, 0.1) is 12.2 Å². The molecule has 0 saturated carbocycles. The van der Waals surface area contributed by atoms with E-state index in [1.807, 2.05) is 26.0 Å². The largest absolute Gasteiger partial charge is 0.354 e. The molecule has 1 aromatic rings. The molecule has 0 aliphatic carbocycles. The molecule has 2 atom stereocenters. The minimum absolute atomic E-state index is 0.441. The average Bonchev–Trinajstić information content (AvgIpc) is 3.10. The third-order valence-electron chi connectivity index (χ3n) is 4.28. The third kappa shape index (κ3) is 4.81. The maximum absolute atomic E-state index is 4.59. The van der Waals surface area contributed by atoms with Crippen molar-refractivity contribution in [1.82, 2.24) is 20.5 Å². The van der Waals surface area contributed by atoms with Crippen molar-refractivity contribution in [3.8, 4) is 0 Å². The van der Waals surface area contributed by atoms with Gasteiger partial charge in [0, 0.05) is 51.7 Å². The van der Waals surface area contributed by atoms with Crippen molar-refractivity contribution in [3.05, 3.63) is 11.1 Å². The summed E-state index contributed by atoms with van der Waals surface area (Å²) in [4.78, 5) is 13.5. The normalized spacial score (nSPS) is 22.7. The molecule has 2 rings (SSSR count). The van der Waals surface area contributed by atoms with Gasteiger partial charge in [0.2, 0.25) is 0 Å². The summed E-state index contributed by atoms with van der Waals surface area (Å²) in [7, 11) is 5.85. The molecule has 2 N–H and O–H groups in total. The molecule has 2 unspecified atom stereocenters. The number of likely N-dealkylation sites (tertiary alicyclic amines) is 1. The predicted octanol–water partition coefficient (Wildman–Crippen LogP) is 1.60. The van der Waals surface area contributed by atoms with E-state index in [9.17, 15) is 0 Å². The molecule has 0 spiro atoms. The van der Waals surface area contributed by atoms with Gasteiger partial charge in [-0.15, -0.1) is 11.3 Å². The molecule has 6 nitrogen and oxygen atoms in total. The highest BCUT2D eigenvalue weighted by molar-refractivity contribution is 7.13. The first-order chi connectivity index (χ1) is 10.9. The number of hydrogen-bond acceptors (Lipinski definition) is 5. The molecular formula is C16H30N6S. The Morgan fingerprint density at radius 1 is 1.48 bits per heavy atom. The second-order valence-electron chi connectivity index (χ2n) is 6.72. The van der Waals surface area contributed by atoms with Crippen LogP contribution in [-0.4, -0.2) is 62.2 Å². The van der Waals surface area contributed by atoms with Crippen molar-refractivity contribution in [2.75, 3.05) is 39.1 Å². The molecule has 0 aromatic carbocycles. The van der Waals surface area contributed by atoms with E-state index >= 15 is 0 Å². The first kappa shape index (κ1) is 18.0. The van der Waals surface area contributed by atoms with Crippen LogP contribution < -0.4 is 15.5 Å². The summed E-state index contributed by atoms with van der Waals surface area (Å²) in [6.45, 7) is 9.72. The Morgan fingerprint density at radius 2 is 2.22 bits per heavy atom. The van der Waals surface area contributed by atoms with Gasteiger partial charge in [-0.3, -0.25) is 9.89 Å². The van der Waals surface area contributed by atoms with Gasteiger partial charge in [-0.25, -0.2) is 4.98 Å². The van der Waals surface area contributed by atoms with Gasteiger partial charge >= 0.3 is 0 Å². The van der Waals surface area contributed by atoms with Crippen LogP contribution in [0.2, 0.25) is 0 Å². The molecule has 130 valence electrons. The van der Waals surface area contributed by atoms with E-state index in [1.54, 1.807) is 11.3 Å². The fourth-order valence-electron chi connectivity index (χ4n) is 2.74. The second-order valence-corrected chi connectivity index (χ2v) is 7.55. The number of nitrogens with zero attached hydrogens (tertiary/aromatic N) is 4. The number of aliphatic imine (C=N–C) groups is 1. The zero-order valence-corrected chi connectivity index (χ0v) is 15.9. The standard InChI is InChI=1S/C16H30N6S/c1-11(2)22-8-12(3)14(9-22)20-15(17-4)18-7-13-10-23-16(19-13)21(5)6/h10-12,14H,7-9H2,1-6H3,(H2,17,18,20). The number of aromatic nitrogens is 1. The predicted molar refractivity (Wildman–Crippen MR) is 99.4 cm³/mol. The third-order valence-corrected chi connectivity index (χ3v) is 5.33. The first-order valence-electron chi connectivity index (χ1n) is 8.23. The minimum Gasteiger partial charge on any atom is -0.354 e. The number of nitrogens with one attached hydrogen (secondary N) is 2. The van der Waals surface area contributed by atoms with Crippen LogP contribution in [0.4, 0.5) is 5.13 Å². The molecule has 0 radical (unpaired) electrons. The number of guanidine groups is 1. The highest BCUT2D eigenvalue weighted by Gasteiger charge is 2.31. The fourth-order valence-corrected chi connectivity index (χ4v) is 3.50. The van der Waals surface area contributed by atoms with Crippen molar-refractivity contribution >= 4 is 22.4 Å². The molecule has 1 aromatic heterocycles. The summed E-state index contributed by atoms with van der Waals surface area (Å²) in [5.74, 6) is 1.47. The van der Waals surface area contributed by atoms with Gasteiger partial charge in [0.15, 0.2) is 11.1 Å². The van der Waals surface area contributed by atoms with Crippen molar-refractivity contribution in [2.45, 2.75) is 39.4 Å². The summed E-state index contributed by atoms with van der Waals surface area (Å²) in [6.07, 6.45) is 0. The van der Waals surface area contributed by atoms with Gasteiger partial charge in [0.1, 0.15) is 0 Å². The van der Waals surface area contributed by atoms with E-state index in [2.05, 4.69) is 51.7 Å². The lowest BCUT2D eigenvalue weighted by atomic mass is 10.1. The molecule has 0 bridgehead atoms. The van der Waals surface area contributed by atoms with Crippen LogP contribution in [0.15, 0.2) is 10.4 Å². The number of anilines is 1. The second kappa shape index (κ2) is 7.97. The molecular weight excluding hydrogens is 308 g/mol. The first-order valence-corrected chi connectivity index (χ1v) is 9.11. The van der Waals surface area contributed by atoms with Crippen molar-refractivity contribution < 1.29 is 0 Å². The van der Waals surface area contributed by atoms with E-state index in [0.29, 0.717) is 24.5 Å². The Labute approximate surface area is 144 Å². The Morgan fingerprint density at radius 3 is 2.74 bits per heavy atom. The molecule has 1 fully saturated rings. The van der Waals surface area contributed by atoms with Crippen LogP contribution in [0, 0.1) is 5.92 Å². The van der Waals surface area contributed by atoms with E-state index in [4.69, 9.17) is 0 Å². The van der Waals surface area contributed by atoms with Crippen LogP contribution in [0.3, 0.4) is 0 Å². The average molecular weight is 339 g/mol. The van der Waals surface area contributed by atoms with E-state index in [-0.39, 0.29) is 0 Å². The van der Waals surface area contributed by atoms with Crippen LogP contribution in [-0.2, 0) is 6.54 Å². The molecule has 7 heteroatoms. The van der Waals surface area contributed by atoms with Gasteiger partial charge in [0.25, 0.3) is 0 Å². The Hall–Kier alpha value is -1.34. The maximum Gasteiger partial charge on any atom is 0.191 e. The Balaban J connectivity index is 1.86. The Bertz CT molecular complexity index is 524. The molecule has 0 amide bonds. The molecule has 1 aliphatic heterocycles. The summed E-state index contributed by atoms with van der Waals surface area (Å²) in [6, 6.07) is 1.04. The topological polar surface area (TPSA) is 55.8 Å². The lowest BCUT2D eigenvalue weighted by Gasteiger charge is -2.21. The van der Waals surface area contributed by atoms with Crippen molar-refractivity contribution in [1.29, 1.82) is 0 Å². The number of rotatable bonds is 5. The van der Waals surface area contributed by atoms with E-state index in [0.717, 1.165) is 29.9 Å². The van der Waals surface area contributed by atoms with Crippen molar-refractivity contribution in [3.63, 3.8) is 0 Å². The van der Waals surface area contributed by atoms with Gasteiger partial charge < -0.3 is 15.5 Å². The number of thiazole rings is 1. The summed E-state index contributed by atoms with van der Waals surface area (Å²) >= 11 is 1.66. The van der Waals surface area contributed by atoms with Gasteiger partial charge in [-0.05, 0) is 19.8 Å². The summed E-state index contributed by atoms with van der Waals surface area (Å²) < 4.78 is 0. The zero-order valence-electron chi connectivity index (χ0n) is 15.1. The molecule has 1 saturated heterocycles. The quantitative estimate of drug-likeness (QED) is 0.631. The minimum atomic E-state index is 0.441. The molecule has 23 heavy (non-hydrogen) atoms. The molecule has 2 heterocycles.